The largest absolute Gasteiger partial charge is 0.478 e. The number of hydrogen-bond acceptors (Lipinski definition) is 3. The number of carboxylic acids is 1. The summed E-state index contributed by atoms with van der Waals surface area (Å²) >= 11 is 0. The summed E-state index contributed by atoms with van der Waals surface area (Å²) in [6.45, 7) is 3.27. The average molecular weight is 301 g/mol. The van der Waals surface area contributed by atoms with Gasteiger partial charge < -0.3 is 19.6 Å². The molecule has 0 bridgehead atoms. The molecule has 0 aliphatic carbocycles. The van der Waals surface area contributed by atoms with Gasteiger partial charge in [0.15, 0.2) is 6.29 Å². The number of fused-ring (bicyclic) bond motifs is 1. The molecule has 2 N–H and O–H groups in total. The fraction of sp³-hybridized carbons (Fsp3) is 0.353. The number of aromatic nitrogens is 1. The third-order valence-corrected chi connectivity index (χ3v) is 3.96. The summed E-state index contributed by atoms with van der Waals surface area (Å²) < 4.78 is 11.3. The van der Waals surface area contributed by atoms with Crippen LogP contribution in [0.2, 0.25) is 0 Å². The smallest absolute Gasteiger partial charge is 0.328 e. The van der Waals surface area contributed by atoms with E-state index in [9.17, 15) is 4.79 Å². The van der Waals surface area contributed by atoms with Gasteiger partial charge >= 0.3 is 5.97 Å². The first-order valence-electron chi connectivity index (χ1n) is 7.45. The number of aliphatic carboxylic acids is 1. The van der Waals surface area contributed by atoms with Crippen molar-refractivity contribution in [2.75, 3.05) is 13.2 Å². The van der Waals surface area contributed by atoms with Crippen LogP contribution < -0.4 is 0 Å². The Morgan fingerprint density at radius 3 is 2.82 bits per heavy atom. The molecule has 22 heavy (non-hydrogen) atoms. The highest BCUT2D eigenvalue weighted by atomic mass is 16.7. The summed E-state index contributed by atoms with van der Waals surface area (Å²) in [7, 11) is 0. The summed E-state index contributed by atoms with van der Waals surface area (Å²) in [6.07, 6.45) is 3.37. The van der Waals surface area contributed by atoms with Gasteiger partial charge in [0.05, 0.1) is 19.1 Å². The molecule has 5 nitrogen and oxygen atoms in total. The molecule has 1 unspecified atom stereocenters. The molecule has 5 heteroatoms. The lowest BCUT2D eigenvalue weighted by molar-refractivity contribution is -0.131. The van der Waals surface area contributed by atoms with E-state index in [1.54, 1.807) is 6.08 Å². The van der Waals surface area contributed by atoms with Crippen LogP contribution in [0.4, 0.5) is 0 Å². The number of ether oxygens (including phenoxy) is 2. The Kier molecular flexibility index (Phi) is 4.27. The van der Waals surface area contributed by atoms with Crippen molar-refractivity contribution < 1.29 is 19.4 Å². The second-order valence-electron chi connectivity index (χ2n) is 5.29. The average Bonchev–Trinajstić information content (AvgIpc) is 3.14. The van der Waals surface area contributed by atoms with E-state index in [1.807, 2.05) is 24.3 Å². The van der Waals surface area contributed by atoms with Crippen molar-refractivity contribution in [1.29, 1.82) is 0 Å². The fourth-order valence-electron chi connectivity index (χ4n) is 2.95. The zero-order valence-electron chi connectivity index (χ0n) is 12.4. The van der Waals surface area contributed by atoms with Crippen molar-refractivity contribution in [3.63, 3.8) is 0 Å². The van der Waals surface area contributed by atoms with Crippen LogP contribution in [0.3, 0.4) is 0 Å². The second-order valence-corrected chi connectivity index (χ2v) is 5.29. The van der Waals surface area contributed by atoms with E-state index in [2.05, 4.69) is 11.9 Å². The van der Waals surface area contributed by atoms with Gasteiger partial charge in [-0.15, -0.1) is 0 Å². The summed E-state index contributed by atoms with van der Waals surface area (Å²) in [4.78, 5) is 14.3. The highest BCUT2D eigenvalue weighted by Crippen LogP contribution is 2.35. The van der Waals surface area contributed by atoms with Crippen molar-refractivity contribution in [3.8, 4) is 0 Å². The van der Waals surface area contributed by atoms with Crippen molar-refractivity contribution in [1.82, 2.24) is 4.98 Å². The molecule has 0 saturated carbocycles. The molecule has 1 aromatic heterocycles. The third-order valence-electron chi connectivity index (χ3n) is 3.96. The quantitative estimate of drug-likeness (QED) is 0.832. The zero-order valence-corrected chi connectivity index (χ0v) is 12.4. The molecule has 1 aliphatic heterocycles. The molecule has 0 radical (unpaired) electrons. The van der Waals surface area contributed by atoms with Crippen LogP contribution in [-0.4, -0.2) is 35.6 Å². The number of H-pyrrole nitrogens is 1. The monoisotopic (exact) mass is 301 g/mol. The number of carboxylic acid groups (broad SMARTS) is 1. The molecule has 0 amide bonds. The van der Waals surface area contributed by atoms with Gasteiger partial charge in [-0.2, -0.15) is 0 Å². The highest BCUT2D eigenvalue weighted by molar-refractivity contribution is 5.94. The van der Waals surface area contributed by atoms with E-state index in [1.165, 1.54) is 6.08 Å². The Labute approximate surface area is 128 Å². The molecule has 1 aromatic carbocycles. The molecule has 1 saturated heterocycles. The summed E-state index contributed by atoms with van der Waals surface area (Å²) in [5, 5.41) is 9.94. The Balaban J connectivity index is 2.10. The lowest BCUT2D eigenvalue weighted by atomic mass is 9.96. The number of aromatic amines is 1. The SMILES string of the molecule is CCC(c1[nH]c2ccccc2c1C=CC(=O)O)C1OCCO1. The van der Waals surface area contributed by atoms with Crippen molar-refractivity contribution >= 4 is 22.9 Å². The first kappa shape index (κ1) is 14.8. The molecular weight excluding hydrogens is 282 g/mol. The summed E-state index contributed by atoms with van der Waals surface area (Å²) in [5.41, 5.74) is 2.84. The molecule has 116 valence electrons. The molecule has 1 atom stereocenters. The number of rotatable bonds is 5. The van der Waals surface area contributed by atoms with Gasteiger partial charge in [0.1, 0.15) is 0 Å². The van der Waals surface area contributed by atoms with Crippen LogP contribution in [0, 0.1) is 0 Å². The fourth-order valence-corrected chi connectivity index (χ4v) is 2.95. The number of carbonyl (C=O) groups is 1. The van der Waals surface area contributed by atoms with Crippen molar-refractivity contribution in [3.05, 3.63) is 41.6 Å². The van der Waals surface area contributed by atoms with E-state index in [0.717, 1.165) is 28.6 Å². The molecule has 0 spiro atoms. The maximum absolute atomic E-state index is 10.9. The first-order chi connectivity index (χ1) is 10.7. The first-order valence-corrected chi connectivity index (χ1v) is 7.45. The van der Waals surface area contributed by atoms with Crippen LogP contribution in [0.25, 0.3) is 17.0 Å². The van der Waals surface area contributed by atoms with E-state index in [4.69, 9.17) is 14.6 Å². The summed E-state index contributed by atoms with van der Waals surface area (Å²) in [6, 6.07) is 7.87. The maximum Gasteiger partial charge on any atom is 0.328 e. The Hall–Kier alpha value is -2.11. The number of para-hydroxylation sites is 1. The lowest BCUT2D eigenvalue weighted by Crippen LogP contribution is -2.20. The Morgan fingerprint density at radius 1 is 1.41 bits per heavy atom. The molecule has 1 aliphatic rings. The van der Waals surface area contributed by atoms with E-state index in [-0.39, 0.29) is 12.2 Å². The number of benzene rings is 1. The zero-order chi connectivity index (χ0) is 15.5. The standard InChI is InChI=1S/C17H19NO4/c1-2-11(17-21-9-10-22-17)16-13(7-8-15(19)20)12-5-3-4-6-14(12)18-16/h3-8,11,17-18H,2,9-10H2,1H3,(H,19,20). The summed E-state index contributed by atoms with van der Waals surface area (Å²) in [5.74, 6) is -0.916. The second kappa shape index (κ2) is 6.34. The number of hydrogen-bond donors (Lipinski definition) is 2. The van der Waals surface area contributed by atoms with E-state index < -0.39 is 5.97 Å². The van der Waals surface area contributed by atoms with Gasteiger partial charge in [0, 0.05) is 28.2 Å². The van der Waals surface area contributed by atoms with E-state index >= 15 is 0 Å². The van der Waals surface area contributed by atoms with Crippen molar-refractivity contribution in [2.45, 2.75) is 25.6 Å². The van der Waals surface area contributed by atoms with Gasteiger partial charge in [-0.3, -0.25) is 0 Å². The van der Waals surface area contributed by atoms with Gasteiger partial charge in [-0.1, -0.05) is 25.1 Å². The predicted molar refractivity (Wildman–Crippen MR) is 83.7 cm³/mol. The minimum atomic E-state index is -0.961. The lowest BCUT2D eigenvalue weighted by Gasteiger charge is -2.20. The van der Waals surface area contributed by atoms with Crippen LogP contribution >= 0.6 is 0 Å². The normalized spacial score (nSPS) is 17.5. The Morgan fingerprint density at radius 2 is 2.14 bits per heavy atom. The maximum atomic E-state index is 10.9. The van der Waals surface area contributed by atoms with Crippen LogP contribution in [0.1, 0.15) is 30.5 Å². The van der Waals surface area contributed by atoms with Crippen molar-refractivity contribution in [2.24, 2.45) is 0 Å². The van der Waals surface area contributed by atoms with Gasteiger partial charge in [-0.05, 0) is 18.6 Å². The minimum absolute atomic E-state index is 0.0448. The molecule has 2 heterocycles. The minimum Gasteiger partial charge on any atom is -0.478 e. The van der Waals surface area contributed by atoms with Crippen LogP contribution in [-0.2, 0) is 14.3 Å². The van der Waals surface area contributed by atoms with Gasteiger partial charge in [0.25, 0.3) is 0 Å². The molecule has 3 rings (SSSR count). The molecule has 2 aromatic rings. The highest BCUT2D eigenvalue weighted by Gasteiger charge is 2.30. The molecule has 1 fully saturated rings. The molecular formula is C17H19NO4. The third kappa shape index (κ3) is 2.77. The van der Waals surface area contributed by atoms with Crippen LogP contribution in [0.15, 0.2) is 30.3 Å². The van der Waals surface area contributed by atoms with Gasteiger partial charge in [0.2, 0.25) is 0 Å². The van der Waals surface area contributed by atoms with E-state index in [0.29, 0.717) is 13.2 Å². The Bertz CT molecular complexity index is 698. The predicted octanol–water partition coefficient (Wildman–Crippen LogP) is 3.13. The van der Waals surface area contributed by atoms with Crippen LogP contribution in [0.5, 0.6) is 0 Å². The topological polar surface area (TPSA) is 71.6 Å². The van der Waals surface area contributed by atoms with Gasteiger partial charge in [-0.25, -0.2) is 4.79 Å². The number of nitrogens with one attached hydrogen (secondary N) is 1.